The molecule has 0 heterocycles. The molecule has 0 spiro atoms. The normalized spacial score (nSPS) is 28.2. The molecule has 0 unspecified atom stereocenters. The van der Waals surface area contributed by atoms with Crippen LogP contribution >= 0.6 is 0 Å². The quantitative estimate of drug-likeness (QED) is 0.391. The van der Waals surface area contributed by atoms with Crippen LogP contribution in [0.1, 0.15) is 66.7 Å². The molecule has 0 aromatic rings. The van der Waals surface area contributed by atoms with Gasteiger partial charge >= 0.3 is 0 Å². The van der Waals surface area contributed by atoms with E-state index in [1.165, 1.54) is 19.3 Å². The number of nitrogens with one attached hydrogen (secondary N) is 1. The molecule has 0 amide bonds. The van der Waals surface area contributed by atoms with E-state index < -0.39 is 0 Å². The highest BCUT2D eigenvalue weighted by molar-refractivity contribution is 5.20. The maximum atomic E-state index is 8.96. The summed E-state index contributed by atoms with van der Waals surface area (Å²) in [5, 5.41) is 8.96. The first-order valence-corrected chi connectivity index (χ1v) is 8.28. The molecule has 4 N–H and O–H groups in total. The summed E-state index contributed by atoms with van der Waals surface area (Å²) in [5.74, 6) is 2.45. The number of rotatable bonds is 6. The molecule has 0 saturated heterocycles. The Morgan fingerprint density at radius 1 is 1.20 bits per heavy atom. The Hall–Kier alpha value is -0.380. The van der Waals surface area contributed by atoms with Gasteiger partial charge in [0, 0.05) is 0 Å². The summed E-state index contributed by atoms with van der Waals surface area (Å²) in [4.78, 5) is 0. The minimum absolute atomic E-state index is 0.266. The van der Waals surface area contributed by atoms with Crippen molar-refractivity contribution in [2.45, 2.75) is 72.9 Å². The van der Waals surface area contributed by atoms with Gasteiger partial charge in [-0.05, 0) is 62.7 Å². The lowest BCUT2D eigenvalue weighted by atomic mass is 9.72. The van der Waals surface area contributed by atoms with Crippen molar-refractivity contribution in [1.82, 2.24) is 5.48 Å². The van der Waals surface area contributed by atoms with Crippen LogP contribution in [0.5, 0.6) is 0 Å². The van der Waals surface area contributed by atoms with Gasteiger partial charge in [0.1, 0.15) is 0 Å². The standard InChI is InChI=1S/C17H34N2O/c1-6-12(4)13(5)16(11(2)3)14-7-9-15(10-8-14)17(18)19-20/h11-12,14-15,17,19-20H,6-10,18H2,1-5H3/b16-13+/t12-,14-,15+,17-/m0/s1. The maximum Gasteiger partial charge on any atom is 0.0813 e. The second-order valence-corrected chi connectivity index (χ2v) is 6.87. The number of hydrogen-bond acceptors (Lipinski definition) is 3. The monoisotopic (exact) mass is 282 g/mol. The number of nitrogens with two attached hydrogens (primary N) is 1. The molecule has 1 aliphatic rings. The van der Waals surface area contributed by atoms with E-state index in [9.17, 15) is 0 Å². The first-order chi connectivity index (χ1) is 9.42. The van der Waals surface area contributed by atoms with Crippen molar-refractivity contribution < 1.29 is 5.21 Å². The zero-order chi connectivity index (χ0) is 15.3. The molecule has 1 rings (SSSR count). The first kappa shape index (κ1) is 17.7. The molecule has 0 bridgehead atoms. The van der Waals surface area contributed by atoms with Crippen molar-refractivity contribution in [2.75, 3.05) is 0 Å². The molecular weight excluding hydrogens is 248 g/mol. The van der Waals surface area contributed by atoms with Crippen LogP contribution < -0.4 is 11.2 Å². The van der Waals surface area contributed by atoms with E-state index in [1.807, 2.05) is 0 Å². The molecular formula is C17H34N2O. The van der Waals surface area contributed by atoms with Gasteiger partial charge in [-0.3, -0.25) is 0 Å². The number of hydroxylamine groups is 1. The van der Waals surface area contributed by atoms with Crippen LogP contribution in [0, 0.1) is 23.7 Å². The second kappa shape index (κ2) is 8.16. The highest BCUT2D eigenvalue weighted by Crippen LogP contribution is 2.39. The Kier molecular flexibility index (Phi) is 7.21. The molecule has 1 saturated carbocycles. The van der Waals surface area contributed by atoms with Gasteiger partial charge in [-0.15, -0.1) is 0 Å². The zero-order valence-electron chi connectivity index (χ0n) is 13.9. The van der Waals surface area contributed by atoms with Gasteiger partial charge in [0.15, 0.2) is 0 Å². The molecule has 3 heteroatoms. The maximum absolute atomic E-state index is 8.96. The Labute approximate surface area is 125 Å². The second-order valence-electron chi connectivity index (χ2n) is 6.87. The van der Waals surface area contributed by atoms with Gasteiger partial charge in [0.2, 0.25) is 0 Å². The molecule has 1 fully saturated rings. The van der Waals surface area contributed by atoms with Crippen LogP contribution in [0.25, 0.3) is 0 Å². The summed E-state index contributed by atoms with van der Waals surface area (Å²) >= 11 is 0. The smallest absolute Gasteiger partial charge is 0.0813 e. The van der Waals surface area contributed by atoms with Gasteiger partial charge in [-0.25, -0.2) is 0 Å². The van der Waals surface area contributed by atoms with Crippen LogP contribution in [0.2, 0.25) is 0 Å². The van der Waals surface area contributed by atoms with Crippen molar-refractivity contribution >= 4 is 0 Å². The van der Waals surface area contributed by atoms with Gasteiger partial charge in [0.25, 0.3) is 0 Å². The Bertz CT molecular complexity index is 317. The summed E-state index contributed by atoms with van der Waals surface area (Å²) in [6.45, 7) is 11.6. The molecule has 2 atom stereocenters. The lowest BCUT2D eigenvalue weighted by Gasteiger charge is -2.35. The van der Waals surface area contributed by atoms with Crippen LogP contribution in [-0.2, 0) is 0 Å². The third kappa shape index (κ3) is 4.31. The molecule has 0 aromatic heterocycles. The minimum Gasteiger partial charge on any atom is -0.315 e. The topological polar surface area (TPSA) is 58.3 Å². The van der Waals surface area contributed by atoms with Crippen LogP contribution in [0.15, 0.2) is 11.1 Å². The van der Waals surface area contributed by atoms with Crippen LogP contribution in [0.3, 0.4) is 0 Å². The summed E-state index contributed by atoms with van der Waals surface area (Å²) in [6, 6.07) is 0. The molecule has 0 aromatic carbocycles. The summed E-state index contributed by atoms with van der Waals surface area (Å²) < 4.78 is 0. The van der Waals surface area contributed by atoms with Crippen molar-refractivity contribution in [1.29, 1.82) is 0 Å². The fourth-order valence-electron chi connectivity index (χ4n) is 3.73. The molecule has 3 nitrogen and oxygen atoms in total. The Morgan fingerprint density at radius 3 is 2.15 bits per heavy atom. The van der Waals surface area contributed by atoms with Gasteiger partial charge in [-0.1, -0.05) is 38.8 Å². The average molecular weight is 282 g/mol. The van der Waals surface area contributed by atoms with E-state index in [1.54, 1.807) is 11.1 Å². The predicted octanol–water partition coefficient (Wildman–Crippen LogP) is 4.08. The molecule has 20 heavy (non-hydrogen) atoms. The van der Waals surface area contributed by atoms with Crippen molar-refractivity contribution in [3.05, 3.63) is 11.1 Å². The highest BCUT2D eigenvalue weighted by Gasteiger charge is 2.29. The predicted molar refractivity (Wildman–Crippen MR) is 85.3 cm³/mol. The fraction of sp³-hybridized carbons (Fsp3) is 0.882. The van der Waals surface area contributed by atoms with E-state index in [4.69, 9.17) is 10.9 Å². The molecule has 1 aliphatic carbocycles. The van der Waals surface area contributed by atoms with E-state index in [0.717, 1.165) is 12.8 Å². The van der Waals surface area contributed by atoms with Crippen molar-refractivity contribution in [3.8, 4) is 0 Å². The van der Waals surface area contributed by atoms with E-state index in [-0.39, 0.29) is 6.17 Å². The van der Waals surface area contributed by atoms with Gasteiger partial charge in [0.05, 0.1) is 6.17 Å². The third-order valence-electron chi connectivity index (χ3n) is 5.30. The third-order valence-corrected chi connectivity index (χ3v) is 5.30. The van der Waals surface area contributed by atoms with Crippen molar-refractivity contribution in [2.24, 2.45) is 29.4 Å². The van der Waals surface area contributed by atoms with Crippen LogP contribution in [0.4, 0.5) is 0 Å². The number of hydrogen-bond donors (Lipinski definition) is 3. The van der Waals surface area contributed by atoms with Gasteiger partial charge in [-0.2, -0.15) is 5.48 Å². The average Bonchev–Trinajstić information content (AvgIpc) is 2.45. The molecule has 0 aliphatic heterocycles. The summed E-state index contributed by atoms with van der Waals surface area (Å²) in [5.41, 5.74) is 11.4. The Balaban J connectivity index is 2.77. The first-order valence-electron chi connectivity index (χ1n) is 8.28. The van der Waals surface area contributed by atoms with E-state index in [0.29, 0.717) is 23.7 Å². The van der Waals surface area contributed by atoms with Crippen LogP contribution in [-0.4, -0.2) is 11.4 Å². The fourth-order valence-corrected chi connectivity index (χ4v) is 3.73. The van der Waals surface area contributed by atoms with E-state index in [2.05, 4.69) is 40.1 Å². The lowest BCUT2D eigenvalue weighted by molar-refractivity contribution is 0.0823. The summed E-state index contributed by atoms with van der Waals surface area (Å²) in [6.07, 6.45) is 5.60. The largest absolute Gasteiger partial charge is 0.315 e. The van der Waals surface area contributed by atoms with E-state index >= 15 is 0 Å². The summed E-state index contributed by atoms with van der Waals surface area (Å²) in [7, 11) is 0. The zero-order valence-corrected chi connectivity index (χ0v) is 13.9. The van der Waals surface area contributed by atoms with Gasteiger partial charge < -0.3 is 10.9 Å². The van der Waals surface area contributed by atoms with Crippen molar-refractivity contribution in [3.63, 3.8) is 0 Å². The minimum atomic E-state index is -0.266. The SMILES string of the molecule is CC[C@H](C)/C(C)=C(\C(C)C)[C@H]1CC[C@@H]([C@@H](N)NO)CC1. The Morgan fingerprint density at radius 2 is 1.75 bits per heavy atom. The number of allylic oxidation sites excluding steroid dienone is 2. The lowest BCUT2D eigenvalue weighted by Crippen LogP contribution is -2.43. The molecule has 118 valence electrons. The molecule has 0 radical (unpaired) electrons. The highest BCUT2D eigenvalue weighted by atomic mass is 16.5.